The Labute approximate surface area is 407 Å². The lowest BCUT2D eigenvalue weighted by atomic mass is 9.95. The van der Waals surface area contributed by atoms with E-state index in [4.69, 9.17) is 61.6 Å². The first-order chi connectivity index (χ1) is 34.1. The van der Waals surface area contributed by atoms with E-state index in [9.17, 15) is 76.6 Å². The van der Waals surface area contributed by atoms with E-state index < -0.39 is 216 Å². The van der Waals surface area contributed by atoms with Crippen LogP contribution in [0.3, 0.4) is 0 Å². The van der Waals surface area contributed by atoms with Crippen LogP contribution in [0.2, 0.25) is 0 Å². The van der Waals surface area contributed by atoms with E-state index in [0.717, 1.165) is 11.8 Å². The molecule has 1 aromatic carbocycles. The standard InChI is InChI=1S/C42H62O28S/c43-6-13-29-20(49)24(53)38(60-13)67-31-15(8-45)62-40(26(55)22(31)51)70-34-17(10-47)63-42(28(57)36(34)71-12-4-2-1-3-5-12)69-33-18-11-58-35(33)27(56)41(64-18)68-32-16(9-46)61-39(25(54)21(32)50)66-30-14(7-44)59-37(65-29)23(52)19(30)48/h1-5,13-57H,6-11H2/t13-,14-,15-,16-,17-,18-,19-,20-,21-,22-,23-,24-,25-,26-,27-,28+,29-,30-,31-,32-,33-,34-,35-,36+,37-,38-,39-,40-,41-,42-/m1/s1. The monoisotopic (exact) mass is 1050 g/mol. The molecule has 0 amide bonds. The minimum atomic E-state index is -2.11. The number of hydrogen-bond donors (Lipinski definition) is 15. The van der Waals surface area contributed by atoms with Crippen molar-refractivity contribution in [3.63, 3.8) is 0 Å². The molecular formula is C42H62O28S. The van der Waals surface area contributed by atoms with Gasteiger partial charge in [0.1, 0.15) is 140 Å². The molecule has 0 spiro atoms. The van der Waals surface area contributed by atoms with Gasteiger partial charge < -0.3 is 138 Å². The maximum Gasteiger partial charge on any atom is 0.187 e. The van der Waals surface area contributed by atoms with Gasteiger partial charge in [0.2, 0.25) is 0 Å². The van der Waals surface area contributed by atoms with E-state index in [-0.39, 0.29) is 6.61 Å². The zero-order valence-electron chi connectivity index (χ0n) is 37.4. The Morgan fingerprint density at radius 3 is 1.04 bits per heavy atom. The Kier molecular flexibility index (Phi) is 17.5. The molecule has 24 rings (SSSR count). The summed E-state index contributed by atoms with van der Waals surface area (Å²) in [5.41, 5.74) is 0. The van der Waals surface area contributed by atoms with Crippen LogP contribution in [0.4, 0.5) is 0 Å². The lowest BCUT2D eigenvalue weighted by Crippen LogP contribution is -2.68. The van der Waals surface area contributed by atoms with Crippen LogP contribution in [0.1, 0.15) is 0 Å². The average Bonchev–Trinajstić information content (AvgIpc) is 3.69. The lowest BCUT2D eigenvalue weighted by Gasteiger charge is -2.50. The molecule has 28 nitrogen and oxygen atoms in total. The molecule has 0 aromatic heterocycles. The number of hydrogen-bond acceptors (Lipinski definition) is 29. The van der Waals surface area contributed by atoms with Crippen molar-refractivity contribution in [3.05, 3.63) is 30.3 Å². The Hall–Kier alpha value is -1.55. The Morgan fingerprint density at radius 2 is 0.662 bits per heavy atom. The molecule has 14 bridgehead atoms. The van der Waals surface area contributed by atoms with Crippen molar-refractivity contribution in [1.29, 1.82) is 0 Å². The van der Waals surface area contributed by atoms with Gasteiger partial charge in [-0.2, -0.15) is 0 Å². The first-order valence-electron chi connectivity index (χ1n) is 23.1. The maximum atomic E-state index is 12.1. The summed E-state index contributed by atoms with van der Waals surface area (Å²) in [6.07, 6.45) is -50.2. The predicted molar refractivity (Wildman–Crippen MR) is 223 cm³/mol. The smallest absolute Gasteiger partial charge is 0.187 e. The molecule has 23 aliphatic rings. The van der Waals surface area contributed by atoms with Crippen molar-refractivity contribution < 1.29 is 138 Å². The molecule has 0 radical (unpaired) electrons. The lowest BCUT2D eigenvalue weighted by molar-refractivity contribution is -0.396. The minimum Gasteiger partial charge on any atom is -0.394 e. The third kappa shape index (κ3) is 10.5. The van der Waals surface area contributed by atoms with Crippen LogP contribution in [-0.2, 0) is 61.6 Å². The topological polar surface area (TPSA) is 423 Å². The highest BCUT2D eigenvalue weighted by atomic mass is 32.2. The van der Waals surface area contributed by atoms with Gasteiger partial charge in [-0.25, -0.2) is 0 Å². The molecule has 23 heterocycles. The zero-order valence-corrected chi connectivity index (χ0v) is 38.2. The first kappa shape index (κ1) is 54.2. The van der Waals surface area contributed by atoms with Crippen molar-refractivity contribution in [2.45, 2.75) is 188 Å². The molecule has 1 aromatic rings. The van der Waals surface area contributed by atoms with E-state index in [0.29, 0.717) is 4.90 Å². The van der Waals surface area contributed by atoms with E-state index in [1.807, 2.05) is 0 Å². The van der Waals surface area contributed by atoms with Gasteiger partial charge in [-0.1, -0.05) is 18.2 Å². The Morgan fingerprint density at radius 1 is 0.338 bits per heavy atom. The normalized spacial score (nSPS) is 52.8. The highest BCUT2D eigenvalue weighted by Crippen LogP contribution is 2.43. The molecule has 23 saturated heterocycles. The van der Waals surface area contributed by atoms with E-state index in [1.54, 1.807) is 30.3 Å². The molecule has 0 saturated carbocycles. The summed E-state index contributed by atoms with van der Waals surface area (Å²) in [6, 6.07) is 8.63. The highest BCUT2D eigenvalue weighted by Gasteiger charge is 2.60. The number of thioether (sulfide) groups is 1. The fourth-order valence-electron chi connectivity index (χ4n) is 10.1. The highest BCUT2D eigenvalue weighted by molar-refractivity contribution is 8.00. The molecule has 404 valence electrons. The molecule has 71 heavy (non-hydrogen) atoms. The van der Waals surface area contributed by atoms with Gasteiger partial charge in [0.15, 0.2) is 37.7 Å². The summed E-state index contributed by atoms with van der Waals surface area (Å²) in [5, 5.41) is 166. The second kappa shape index (κ2) is 23.0. The van der Waals surface area contributed by atoms with Crippen LogP contribution in [0.15, 0.2) is 35.2 Å². The second-order valence-electron chi connectivity index (χ2n) is 18.4. The third-order valence-electron chi connectivity index (χ3n) is 13.9. The Balaban J connectivity index is 1.03. The van der Waals surface area contributed by atoms with Gasteiger partial charge in [0.05, 0.1) is 44.9 Å². The quantitative estimate of drug-likeness (QED) is 0.121. The average molecular weight is 1050 g/mol. The molecule has 0 unspecified atom stereocenters. The SMILES string of the molecule is OC[C@H]1O[C@@H]2O[C@H]3[C@H](O)[C@@H](O)[C@@H](O[C@H]4[C@@H](Sc5ccccc5)[C@H](O)[C@@H](O[C@H]5[C@@H]6OC[C@H]5O[C@H](O[C@H]5[C@H](O)[C@@H](O)[C@@H](O[C@H]7[C@H](O)[C@@H](O)[C@@H](O[C@H]1[C@H](O)[C@H]2O)O[C@@H]7CO)O[C@@H]5CO)[C@@H]6O)O[C@@H]4CO)O[C@@H]3CO. The molecule has 23 fully saturated rings. The van der Waals surface area contributed by atoms with Crippen molar-refractivity contribution in [2.75, 3.05) is 39.6 Å². The molecular weight excluding hydrogens is 985 g/mol. The van der Waals surface area contributed by atoms with Gasteiger partial charge in [0, 0.05) is 4.90 Å². The first-order valence-corrected chi connectivity index (χ1v) is 24.0. The van der Waals surface area contributed by atoms with Crippen molar-refractivity contribution >= 4 is 11.8 Å². The van der Waals surface area contributed by atoms with Gasteiger partial charge in [-0.3, -0.25) is 0 Å². The van der Waals surface area contributed by atoms with Crippen LogP contribution in [-0.4, -0.2) is 300 Å². The fraction of sp³-hybridized carbons (Fsp3) is 0.857. The summed E-state index contributed by atoms with van der Waals surface area (Å²) in [7, 11) is 0. The molecule has 15 N–H and O–H groups in total. The molecule has 23 aliphatic heterocycles. The van der Waals surface area contributed by atoms with Crippen molar-refractivity contribution in [3.8, 4) is 0 Å². The summed E-state index contributed by atoms with van der Waals surface area (Å²) < 4.78 is 76.9. The fourth-order valence-corrected chi connectivity index (χ4v) is 11.3. The van der Waals surface area contributed by atoms with E-state index in [2.05, 4.69) is 0 Å². The zero-order chi connectivity index (χ0) is 50.6. The van der Waals surface area contributed by atoms with Gasteiger partial charge in [-0.15, -0.1) is 11.8 Å². The molecule has 29 heteroatoms. The summed E-state index contributed by atoms with van der Waals surface area (Å²) in [4.78, 5) is 0.592. The second-order valence-corrected chi connectivity index (χ2v) is 19.6. The van der Waals surface area contributed by atoms with Crippen LogP contribution >= 0.6 is 11.8 Å². The van der Waals surface area contributed by atoms with E-state index in [1.165, 1.54) is 0 Å². The van der Waals surface area contributed by atoms with E-state index >= 15 is 0 Å². The Bertz CT molecular complexity index is 1840. The summed E-state index contributed by atoms with van der Waals surface area (Å²) in [6.45, 7) is -4.71. The number of aliphatic hydroxyl groups excluding tert-OH is 15. The number of rotatable bonds is 7. The summed E-state index contributed by atoms with van der Waals surface area (Å²) in [5.74, 6) is 0. The maximum absolute atomic E-state index is 12.1. The van der Waals surface area contributed by atoms with Crippen LogP contribution in [0, 0.1) is 0 Å². The van der Waals surface area contributed by atoms with Crippen LogP contribution < -0.4 is 0 Å². The summed E-state index contributed by atoms with van der Waals surface area (Å²) >= 11 is 1.06. The van der Waals surface area contributed by atoms with Gasteiger partial charge >= 0.3 is 0 Å². The third-order valence-corrected chi connectivity index (χ3v) is 15.3. The minimum absolute atomic E-state index is 0.196. The molecule has 30 atom stereocenters. The predicted octanol–water partition coefficient (Wildman–Crippen LogP) is -9.21. The van der Waals surface area contributed by atoms with Crippen LogP contribution in [0.25, 0.3) is 0 Å². The van der Waals surface area contributed by atoms with Crippen molar-refractivity contribution in [2.24, 2.45) is 0 Å². The number of ether oxygens (including phenoxy) is 13. The van der Waals surface area contributed by atoms with Crippen molar-refractivity contribution in [1.82, 2.24) is 0 Å². The van der Waals surface area contributed by atoms with Gasteiger partial charge in [-0.05, 0) is 12.1 Å². The number of aliphatic hydroxyl groups is 15. The number of benzene rings is 1. The van der Waals surface area contributed by atoms with Crippen LogP contribution in [0.5, 0.6) is 0 Å². The largest absolute Gasteiger partial charge is 0.394 e. The van der Waals surface area contributed by atoms with Gasteiger partial charge in [0.25, 0.3) is 0 Å². The molecule has 0 aliphatic carbocycles.